The van der Waals surface area contributed by atoms with Crippen molar-refractivity contribution in [1.82, 2.24) is 20.9 Å². The SMILES string of the molecule is C/C=C(\NC(=O)c1cc(F)cc(CNC(=O)OC(C)(C)C)n1)C(=O)N[C@H](C(=O)O[C@H](/C=C/CCC)CC(C)=O)C(C)C. The fourth-order valence-electron chi connectivity index (χ4n) is 3.47. The van der Waals surface area contributed by atoms with E-state index < -0.39 is 53.4 Å². The molecule has 0 spiro atoms. The molecule has 1 aromatic rings. The molecular weight excluding hydrogens is 547 g/mol. The Balaban J connectivity index is 2.97. The van der Waals surface area contributed by atoms with Gasteiger partial charge >= 0.3 is 12.1 Å². The number of amides is 3. The molecule has 0 aliphatic heterocycles. The number of rotatable bonds is 14. The van der Waals surface area contributed by atoms with Gasteiger partial charge in [-0.25, -0.2) is 19.0 Å². The standard InChI is InChI=1S/C30H43FN4O7/c1-9-11-12-13-22(14-19(5)36)41-28(39)25(18(3)4)35-26(37)23(10-2)34-27(38)24-16-20(31)15-21(33-24)17-32-29(40)42-30(6,7)8/h10,12-13,15-16,18,22,25H,9,11,14,17H2,1-8H3,(H,32,40)(H,34,38)(H,35,37)/b13-12+,23-10-/t22-,25+/m1/s1. The Bertz CT molecular complexity index is 1190. The highest BCUT2D eigenvalue weighted by Gasteiger charge is 2.29. The number of ketones is 1. The number of halogens is 1. The highest BCUT2D eigenvalue weighted by Crippen LogP contribution is 2.12. The Labute approximate surface area is 246 Å². The predicted octanol–water partition coefficient (Wildman–Crippen LogP) is 4.27. The number of esters is 1. The number of unbranched alkanes of at least 4 members (excludes halogenated alkanes) is 1. The molecule has 12 heteroatoms. The van der Waals surface area contributed by atoms with Gasteiger partial charge in [0.1, 0.15) is 40.7 Å². The van der Waals surface area contributed by atoms with Gasteiger partial charge in [-0.1, -0.05) is 39.3 Å². The van der Waals surface area contributed by atoms with E-state index in [9.17, 15) is 28.4 Å². The fraction of sp³-hybridized carbons (Fsp3) is 0.533. The lowest BCUT2D eigenvalue weighted by Gasteiger charge is -2.24. The van der Waals surface area contributed by atoms with E-state index in [0.717, 1.165) is 25.0 Å². The average molecular weight is 591 g/mol. The number of aromatic nitrogens is 1. The molecule has 0 aliphatic carbocycles. The molecule has 0 bridgehead atoms. The number of alkyl carbamates (subject to hydrolysis) is 1. The molecule has 1 aromatic heterocycles. The molecule has 42 heavy (non-hydrogen) atoms. The summed E-state index contributed by atoms with van der Waals surface area (Å²) < 4.78 is 24.9. The maximum absolute atomic E-state index is 14.3. The van der Waals surface area contributed by atoms with Gasteiger partial charge < -0.3 is 25.4 Å². The van der Waals surface area contributed by atoms with Crippen LogP contribution in [0.5, 0.6) is 0 Å². The molecule has 1 heterocycles. The molecule has 0 unspecified atom stereocenters. The van der Waals surface area contributed by atoms with Crippen LogP contribution in [-0.2, 0) is 30.4 Å². The third kappa shape index (κ3) is 13.5. The van der Waals surface area contributed by atoms with Crippen molar-refractivity contribution >= 4 is 29.7 Å². The third-order valence-corrected chi connectivity index (χ3v) is 5.44. The van der Waals surface area contributed by atoms with Crippen LogP contribution in [0.25, 0.3) is 0 Å². The molecule has 232 valence electrons. The van der Waals surface area contributed by atoms with Crippen LogP contribution in [0.1, 0.15) is 90.8 Å². The van der Waals surface area contributed by atoms with Crippen molar-refractivity contribution in [3.8, 4) is 0 Å². The number of nitrogens with one attached hydrogen (secondary N) is 3. The zero-order chi connectivity index (χ0) is 32.0. The zero-order valence-electron chi connectivity index (χ0n) is 25.6. The molecule has 0 saturated carbocycles. The summed E-state index contributed by atoms with van der Waals surface area (Å²) in [5.74, 6) is -3.73. The topological polar surface area (TPSA) is 153 Å². The number of nitrogens with zero attached hydrogens (tertiary/aromatic N) is 1. The van der Waals surface area contributed by atoms with Crippen LogP contribution in [0, 0.1) is 11.7 Å². The van der Waals surface area contributed by atoms with Crippen molar-refractivity contribution < 1.29 is 37.8 Å². The molecule has 3 amide bonds. The second-order valence-corrected chi connectivity index (χ2v) is 11.0. The molecule has 3 N–H and O–H groups in total. The van der Waals surface area contributed by atoms with Crippen molar-refractivity contribution in [2.45, 2.75) is 98.9 Å². The minimum atomic E-state index is -1.09. The first-order valence-electron chi connectivity index (χ1n) is 13.8. The molecule has 0 fully saturated rings. The predicted molar refractivity (Wildman–Crippen MR) is 154 cm³/mol. The number of hydrogen-bond donors (Lipinski definition) is 3. The van der Waals surface area contributed by atoms with E-state index in [1.165, 1.54) is 19.9 Å². The first-order valence-corrected chi connectivity index (χ1v) is 13.8. The zero-order valence-corrected chi connectivity index (χ0v) is 25.6. The second kappa shape index (κ2) is 17.0. The van der Waals surface area contributed by atoms with Gasteiger partial charge in [-0.05, 0) is 59.1 Å². The largest absolute Gasteiger partial charge is 0.456 e. The first kappa shape index (κ1) is 35.9. The minimum absolute atomic E-state index is 0.00317. The van der Waals surface area contributed by atoms with Crippen LogP contribution >= 0.6 is 0 Å². The Morgan fingerprint density at radius 3 is 2.33 bits per heavy atom. The van der Waals surface area contributed by atoms with E-state index in [1.807, 2.05) is 13.0 Å². The monoisotopic (exact) mass is 590 g/mol. The smallest absolute Gasteiger partial charge is 0.407 e. The lowest BCUT2D eigenvalue weighted by molar-refractivity contribution is -0.152. The van der Waals surface area contributed by atoms with Crippen molar-refractivity contribution in [1.29, 1.82) is 0 Å². The summed E-state index contributed by atoms with van der Waals surface area (Å²) in [4.78, 5) is 66.5. The molecule has 0 aliphatic rings. The molecule has 1 rings (SSSR count). The van der Waals surface area contributed by atoms with Crippen LogP contribution in [0.4, 0.5) is 9.18 Å². The molecule has 0 aromatic carbocycles. The quantitative estimate of drug-likeness (QED) is 0.165. The lowest BCUT2D eigenvalue weighted by Crippen LogP contribution is -2.48. The van der Waals surface area contributed by atoms with Gasteiger partial charge in [-0.2, -0.15) is 0 Å². The number of ether oxygens (including phenoxy) is 2. The minimum Gasteiger partial charge on any atom is -0.456 e. The van der Waals surface area contributed by atoms with Gasteiger partial charge in [0.15, 0.2) is 0 Å². The normalized spacial score (nSPS) is 13.3. The Morgan fingerprint density at radius 2 is 1.79 bits per heavy atom. The number of hydrogen-bond acceptors (Lipinski definition) is 8. The summed E-state index contributed by atoms with van der Waals surface area (Å²) >= 11 is 0. The summed E-state index contributed by atoms with van der Waals surface area (Å²) in [6, 6.07) is 0.844. The molecule has 0 saturated heterocycles. The number of allylic oxidation sites excluding steroid dienone is 2. The van der Waals surface area contributed by atoms with E-state index in [1.54, 1.807) is 40.7 Å². The molecule has 0 radical (unpaired) electrons. The average Bonchev–Trinajstić information content (AvgIpc) is 2.87. The maximum Gasteiger partial charge on any atom is 0.407 e. The van der Waals surface area contributed by atoms with Crippen molar-refractivity contribution in [3.63, 3.8) is 0 Å². The summed E-state index contributed by atoms with van der Waals surface area (Å²) in [5, 5.41) is 7.38. The number of carbonyl (C=O) groups excluding carboxylic acids is 5. The molecule has 11 nitrogen and oxygen atoms in total. The van der Waals surface area contributed by atoms with E-state index in [-0.39, 0.29) is 35.8 Å². The second-order valence-electron chi connectivity index (χ2n) is 11.0. The Morgan fingerprint density at radius 1 is 1.12 bits per heavy atom. The number of pyridine rings is 1. The van der Waals surface area contributed by atoms with Gasteiger partial charge in [0.05, 0.1) is 12.2 Å². The van der Waals surface area contributed by atoms with Crippen LogP contribution in [0.15, 0.2) is 36.1 Å². The first-order chi connectivity index (χ1) is 19.6. The highest BCUT2D eigenvalue weighted by molar-refractivity contribution is 6.03. The van der Waals surface area contributed by atoms with Gasteiger partial charge in [-0.15, -0.1) is 0 Å². The van der Waals surface area contributed by atoms with Crippen molar-refractivity contribution in [3.05, 3.63) is 53.3 Å². The van der Waals surface area contributed by atoms with Gasteiger partial charge in [-0.3, -0.25) is 14.4 Å². The summed E-state index contributed by atoms with van der Waals surface area (Å²) in [7, 11) is 0. The van der Waals surface area contributed by atoms with E-state index >= 15 is 0 Å². The van der Waals surface area contributed by atoms with Crippen LogP contribution in [0.2, 0.25) is 0 Å². The summed E-state index contributed by atoms with van der Waals surface area (Å²) in [5.41, 5.74) is -1.23. The number of carbonyl (C=O) groups is 5. The third-order valence-electron chi connectivity index (χ3n) is 5.44. The van der Waals surface area contributed by atoms with Gasteiger partial charge in [0.25, 0.3) is 11.8 Å². The van der Waals surface area contributed by atoms with Crippen molar-refractivity contribution in [2.24, 2.45) is 5.92 Å². The fourth-order valence-corrected chi connectivity index (χ4v) is 3.47. The Hall–Kier alpha value is -4.09. The van der Waals surface area contributed by atoms with Crippen LogP contribution in [-0.4, -0.2) is 52.4 Å². The summed E-state index contributed by atoms with van der Waals surface area (Å²) in [6.45, 7) is 13.1. The highest BCUT2D eigenvalue weighted by atomic mass is 19.1. The Kier molecular flexibility index (Phi) is 14.5. The van der Waals surface area contributed by atoms with E-state index in [4.69, 9.17) is 9.47 Å². The summed E-state index contributed by atoms with van der Waals surface area (Å²) in [6.07, 6.45) is 4.91. The van der Waals surface area contributed by atoms with E-state index in [0.29, 0.717) is 0 Å². The van der Waals surface area contributed by atoms with Gasteiger partial charge in [0.2, 0.25) is 0 Å². The molecular formula is C30H43FN4O7. The lowest BCUT2D eigenvalue weighted by atomic mass is 10.0. The van der Waals surface area contributed by atoms with Gasteiger partial charge in [0, 0.05) is 12.5 Å². The van der Waals surface area contributed by atoms with Crippen LogP contribution in [0.3, 0.4) is 0 Å². The maximum atomic E-state index is 14.3. The van der Waals surface area contributed by atoms with Crippen molar-refractivity contribution in [2.75, 3.05) is 0 Å². The van der Waals surface area contributed by atoms with Crippen LogP contribution < -0.4 is 16.0 Å². The molecule has 2 atom stereocenters. The van der Waals surface area contributed by atoms with E-state index in [2.05, 4.69) is 20.9 Å². The number of Topliss-reactive ketones (excluding diaryl/α,β-unsaturated/α-hetero) is 1.